The number of nitrogens with zero attached hydrogens (tertiary/aromatic N) is 2. The van der Waals surface area contributed by atoms with E-state index in [2.05, 4.69) is 9.71 Å². The number of hydrogen-bond acceptors (Lipinski definition) is 5. The van der Waals surface area contributed by atoms with Gasteiger partial charge in [0.25, 0.3) is 5.91 Å². The topological polar surface area (TPSA) is 79.4 Å². The van der Waals surface area contributed by atoms with Gasteiger partial charge in [0.05, 0.1) is 0 Å². The molecule has 1 amide bonds. The third kappa shape index (κ3) is 3.66. The predicted octanol–water partition coefficient (Wildman–Crippen LogP) is 1.90. The zero-order valence-corrected chi connectivity index (χ0v) is 14.9. The molecule has 2 aromatic heterocycles. The highest BCUT2D eigenvalue weighted by Gasteiger charge is 2.31. The molecule has 0 aliphatic carbocycles. The summed E-state index contributed by atoms with van der Waals surface area (Å²) in [7, 11) is -3.53. The molecule has 1 atom stereocenters. The number of sulfonamides is 1. The summed E-state index contributed by atoms with van der Waals surface area (Å²) >= 11 is 1.29. The Hall–Kier alpha value is -1.77. The van der Waals surface area contributed by atoms with E-state index in [4.69, 9.17) is 0 Å². The van der Waals surface area contributed by atoms with Gasteiger partial charge in [-0.1, -0.05) is 13.0 Å². The van der Waals surface area contributed by atoms with E-state index in [0.29, 0.717) is 29.4 Å². The van der Waals surface area contributed by atoms with Gasteiger partial charge in [0.2, 0.25) is 10.0 Å². The zero-order valence-electron chi connectivity index (χ0n) is 13.3. The van der Waals surface area contributed by atoms with Gasteiger partial charge in [0.1, 0.15) is 9.90 Å². The minimum atomic E-state index is -3.53. The minimum absolute atomic E-state index is 0.165. The highest BCUT2D eigenvalue weighted by atomic mass is 32.2. The lowest BCUT2D eigenvalue weighted by atomic mass is 10.3. The van der Waals surface area contributed by atoms with Crippen LogP contribution in [0.2, 0.25) is 0 Å². The maximum atomic E-state index is 12.4. The number of carbonyl (C=O) groups is 1. The number of rotatable bonds is 5. The Labute approximate surface area is 145 Å². The molecule has 0 saturated carbocycles. The maximum absolute atomic E-state index is 12.4. The second-order valence-corrected chi connectivity index (χ2v) is 8.76. The molecule has 2 aromatic rings. The fraction of sp³-hybridized carbons (Fsp3) is 0.375. The summed E-state index contributed by atoms with van der Waals surface area (Å²) < 4.78 is 27.9. The average molecular weight is 365 g/mol. The van der Waals surface area contributed by atoms with Crippen molar-refractivity contribution in [1.82, 2.24) is 14.6 Å². The van der Waals surface area contributed by atoms with Crippen LogP contribution in [-0.2, 0) is 16.4 Å². The van der Waals surface area contributed by atoms with Crippen molar-refractivity contribution in [2.45, 2.75) is 30.0 Å². The molecule has 1 N–H and O–H groups in total. The van der Waals surface area contributed by atoms with Crippen LogP contribution in [0.25, 0.3) is 0 Å². The number of amides is 1. The van der Waals surface area contributed by atoms with Crippen molar-refractivity contribution in [3.05, 3.63) is 47.1 Å². The number of aryl methyl sites for hydroxylation is 1. The Kier molecular flexibility index (Phi) is 4.98. The van der Waals surface area contributed by atoms with Crippen molar-refractivity contribution in [3.8, 4) is 0 Å². The number of hydrogen-bond donors (Lipinski definition) is 1. The molecule has 24 heavy (non-hydrogen) atoms. The van der Waals surface area contributed by atoms with Crippen molar-refractivity contribution in [3.63, 3.8) is 0 Å². The Balaban J connectivity index is 1.64. The van der Waals surface area contributed by atoms with Crippen LogP contribution in [0.15, 0.2) is 40.7 Å². The third-order valence-corrected chi connectivity index (χ3v) is 7.17. The number of aromatic nitrogens is 1. The van der Waals surface area contributed by atoms with Crippen LogP contribution in [0, 0.1) is 0 Å². The van der Waals surface area contributed by atoms with Gasteiger partial charge in [0.15, 0.2) is 0 Å². The first kappa shape index (κ1) is 17.1. The predicted molar refractivity (Wildman–Crippen MR) is 92.6 cm³/mol. The molecule has 8 heteroatoms. The fourth-order valence-electron chi connectivity index (χ4n) is 2.66. The lowest BCUT2D eigenvalue weighted by Crippen LogP contribution is -2.38. The summed E-state index contributed by atoms with van der Waals surface area (Å²) in [6, 6.07) is 8.39. The summed E-state index contributed by atoms with van der Waals surface area (Å²) in [5, 5.41) is 0. The smallest absolute Gasteiger partial charge is 0.272 e. The van der Waals surface area contributed by atoms with Crippen molar-refractivity contribution in [1.29, 1.82) is 0 Å². The molecule has 1 aliphatic heterocycles. The van der Waals surface area contributed by atoms with Gasteiger partial charge in [-0.05, 0) is 37.1 Å². The monoisotopic (exact) mass is 365 g/mol. The fourth-order valence-corrected chi connectivity index (χ4v) is 5.24. The second kappa shape index (κ2) is 7.00. The third-order valence-electron chi connectivity index (χ3n) is 3.93. The molecule has 1 aliphatic rings. The Morgan fingerprint density at radius 1 is 1.38 bits per heavy atom. The average Bonchev–Trinajstić information content (AvgIpc) is 3.24. The van der Waals surface area contributed by atoms with Gasteiger partial charge in [0, 0.05) is 30.2 Å². The molecule has 6 nitrogen and oxygen atoms in total. The first-order valence-corrected chi connectivity index (χ1v) is 10.1. The molecular weight excluding hydrogens is 346 g/mol. The van der Waals surface area contributed by atoms with Crippen molar-refractivity contribution in [2.24, 2.45) is 0 Å². The summed E-state index contributed by atoms with van der Waals surface area (Å²) in [5.41, 5.74) is 0.381. The van der Waals surface area contributed by atoms with Gasteiger partial charge in [-0.25, -0.2) is 13.1 Å². The molecule has 3 heterocycles. The quantitative estimate of drug-likeness (QED) is 0.878. The van der Waals surface area contributed by atoms with E-state index < -0.39 is 10.0 Å². The molecule has 1 saturated heterocycles. The molecule has 128 valence electrons. The van der Waals surface area contributed by atoms with E-state index in [1.807, 2.05) is 13.0 Å². The van der Waals surface area contributed by atoms with Crippen molar-refractivity contribution >= 4 is 27.3 Å². The lowest BCUT2D eigenvalue weighted by molar-refractivity contribution is 0.0784. The maximum Gasteiger partial charge on any atom is 0.272 e. The van der Waals surface area contributed by atoms with Crippen LogP contribution in [0.4, 0.5) is 0 Å². The van der Waals surface area contributed by atoms with Gasteiger partial charge in [-0.15, -0.1) is 11.3 Å². The van der Waals surface area contributed by atoms with E-state index in [1.165, 1.54) is 11.3 Å². The molecule has 1 fully saturated rings. The molecule has 0 bridgehead atoms. The van der Waals surface area contributed by atoms with Crippen LogP contribution in [0.5, 0.6) is 0 Å². The minimum Gasteiger partial charge on any atom is -0.336 e. The highest BCUT2D eigenvalue weighted by Crippen LogP contribution is 2.23. The summed E-state index contributed by atoms with van der Waals surface area (Å²) in [6.45, 7) is 2.88. The number of nitrogens with one attached hydrogen (secondary N) is 1. The molecule has 0 spiro atoms. The van der Waals surface area contributed by atoms with Crippen molar-refractivity contribution in [2.75, 3.05) is 13.1 Å². The number of carbonyl (C=O) groups excluding carboxylic acids is 1. The van der Waals surface area contributed by atoms with Gasteiger partial charge >= 0.3 is 0 Å². The summed E-state index contributed by atoms with van der Waals surface area (Å²) in [5.74, 6) is -0.165. The normalized spacial score (nSPS) is 18.0. The standard InChI is InChI=1S/C16H19N3O3S2/c1-2-13-6-7-15(23-13)24(21,22)18-12-8-10-19(11-12)16(20)14-5-3-4-9-17-14/h3-7,9,12,18H,2,8,10-11H2,1H3/t12-/m1/s1. The number of likely N-dealkylation sites (tertiary alicyclic amines) is 1. The van der Waals surface area contributed by atoms with E-state index >= 15 is 0 Å². The van der Waals surface area contributed by atoms with Crippen LogP contribution >= 0.6 is 11.3 Å². The molecule has 0 aromatic carbocycles. The largest absolute Gasteiger partial charge is 0.336 e. The van der Waals surface area contributed by atoms with Crippen LogP contribution < -0.4 is 4.72 Å². The van der Waals surface area contributed by atoms with E-state index in [1.54, 1.807) is 35.4 Å². The van der Waals surface area contributed by atoms with Crippen LogP contribution in [-0.4, -0.2) is 43.3 Å². The van der Waals surface area contributed by atoms with Gasteiger partial charge < -0.3 is 4.90 Å². The highest BCUT2D eigenvalue weighted by molar-refractivity contribution is 7.91. The van der Waals surface area contributed by atoms with Crippen LogP contribution in [0.1, 0.15) is 28.7 Å². The van der Waals surface area contributed by atoms with E-state index in [0.717, 1.165) is 11.3 Å². The molecule has 0 radical (unpaired) electrons. The number of thiophene rings is 1. The van der Waals surface area contributed by atoms with Crippen molar-refractivity contribution < 1.29 is 13.2 Å². The Morgan fingerprint density at radius 3 is 2.88 bits per heavy atom. The first-order chi connectivity index (χ1) is 11.5. The Bertz CT molecular complexity index is 818. The summed E-state index contributed by atoms with van der Waals surface area (Å²) in [4.78, 5) is 19.1. The summed E-state index contributed by atoms with van der Waals surface area (Å²) in [6.07, 6.45) is 2.99. The number of pyridine rings is 1. The SMILES string of the molecule is CCc1ccc(S(=O)(=O)N[C@@H]2CCN(C(=O)c3ccccn3)C2)s1. The van der Waals surface area contributed by atoms with Gasteiger partial charge in [-0.3, -0.25) is 9.78 Å². The molecular formula is C16H19N3O3S2. The molecule has 3 rings (SSSR count). The van der Waals surface area contributed by atoms with Gasteiger partial charge in [-0.2, -0.15) is 0 Å². The zero-order chi connectivity index (χ0) is 17.2. The van der Waals surface area contributed by atoms with E-state index in [-0.39, 0.29) is 11.9 Å². The lowest BCUT2D eigenvalue weighted by Gasteiger charge is -2.16. The first-order valence-electron chi connectivity index (χ1n) is 7.81. The van der Waals surface area contributed by atoms with Crippen LogP contribution in [0.3, 0.4) is 0 Å². The Morgan fingerprint density at radius 2 is 2.21 bits per heavy atom. The molecule has 0 unspecified atom stereocenters. The second-order valence-electron chi connectivity index (χ2n) is 5.65. The van der Waals surface area contributed by atoms with E-state index in [9.17, 15) is 13.2 Å².